The van der Waals surface area contributed by atoms with Crippen LogP contribution in [0.5, 0.6) is 5.75 Å². The van der Waals surface area contributed by atoms with Crippen molar-refractivity contribution in [3.8, 4) is 5.75 Å². The van der Waals surface area contributed by atoms with E-state index in [1.165, 1.54) is 5.69 Å². The monoisotopic (exact) mass is 328 g/mol. The molecule has 24 heavy (non-hydrogen) atoms. The first kappa shape index (κ1) is 16.5. The van der Waals surface area contributed by atoms with Gasteiger partial charge in [0.05, 0.1) is 12.8 Å². The van der Waals surface area contributed by atoms with Crippen LogP contribution < -0.4 is 4.74 Å². The van der Waals surface area contributed by atoms with Gasteiger partial charge < -0.3 is 19.1 Å². The first-order chi connectivity index (χ1) is 11.6. The van der Waals surface area contributed by atoms with Crippen molar-refractivity contribution in [2.75, 3.05) is 34.3 Å². The molecule has 6 nitrogen and oxygen atoms in total. The summed E-state index contributed by atoms with van der Waals surface area (Å²) in [5, 5.41) is 0. The minimum absolute atomic E-state index is 0.0498. The zero-order valence-electron chi connectivity index (χ0n) is 14.5. The molecule has 0 atom stereocenters. The average Bonchev–Trinajstić information content (AvgIpc) is 2.83. The maximum Gasteiger partial charge on any atom is 0.254 e. The van der Waals surface area contributed by atoms with Gasteiger partial charge in [0.25, 0.3) is 5.91 Å². The second kappa shape index (κ2) is 7.05. The molecule has 0 fully saturated rings. The molecule has 6 heteroatoms. The Morgan fingerprint density at radius 3 is 2.88 bits per heavy atom. The average molecular weight is 328 g/mol. The highest BCUT2D eigenvalue weighted by atomic mass is 16.5. The predicted molar refractivity (Wildman–Crippen MR) is 92.2 cm³/mol. The topological polar surface area (TPSA) is 50.6 Å². The molecular weight excluding hydrogens is 304 g/mol. The molecule has 1 aromatic carbocycles. The van der Waals surface area contributed by atoms with Crippen molar-refractivity contribution in [3.63, 3.8) is 0 Å². The molecule has 0 bridgehead atoms. The normalized spacial score (nSPS) is 14.4. The number of rotatable bonds is 4. The Morgan fingerprint density at radius 1 is 1.29 bits per heavy atom. The van der Waals surface area contributed by atoms with Crippen LogP contribution in [0.3, 0.4) is 0 Å². The third-order valence-electron chi connectivity index (χ3n) is 4.30. The number of hydrogen-bond acceptors (Lipinski definition) is 4. The minimum Gasteiger partial charge on any atom is -0.497 e. The van der Waals surface area contributed by atoms with Crippen LogP contribution in [0.4, 0.5) is 0 Å². The number of imidazole rings is 1. The van der Waals surface area contributed by atoms with Crippen LogP contribution in [0.15, 0.2) is 30.5 Å². The van der Waals surface area contributed by atoms with E-state index in [-0.39, 0.29) is 5.91 Å². The van der Waals surface area contributed by atoms with Crippen molar-refractivity contribution >= 4 is 5.91 Å². The summed E-state index contributed by atoms with van der Waals surface area (Å²) in [6.45, 7) is 3.03. The van der Waals surface area contributed by atoms with Gasteiger partial charge in [-0.2, -0.15) is 0 Å². The largest absolute Gasteiger partial charge is 0.497 e. The number of fused-ring (bicyclic) bond motifs is 1. The SMILES string of the molecule is COc1cccc(C(=O)N2CCc3ncc(CN(C)C)n3CC2)c1. The van der Waals surface area contributed by atoms with Gasteiger partial charge in [-0.3, -0.25) is 4.79 Å². The lowest BCUT2D eigenvalue weighted by Gasteiger charge is -2.20. The van der Waals surface area contributed by atoms with Gasteiger partial charge in [0.2, 0.25) is 0 Å². The van der Waals surface area contributed by atoms with Crippen LogP contribution in [-0.4, -0.2) is 59.6 Å². The maximum atomic E-state index is 12.8. The molecule has 0 saturated carbocycles. The van der Waals surface area contributed by atoms with Gasteiger partial charge in [0.1, 0.15) is 11.6 Å². The van der Waals surface area contributed by atoms with Crippen LogP contribution in [0.25, 0.3) is 0 Å². The van der Waals surface area contributed by atoms with Crippen LogP contribution in [0, 0.1) is 0 Å². The number of aromatic nitrogens is 2. The number of nitrogens with zero attached hydrogens (tertiary/aromatic N) is 4. The lowest BCUT2D eigenvalue weighted by molar-refractivity contribution is 0.0758. The number of amides is 1. The molecule has 0 aliphatic carbocycles. The van der Waals surface area contributed by atoms with Crippen molar-refractivity contribution in [1.29, 1.82) is 0 Å². The van der Waals surface area contributed by atoms with E-state index in [1.54, 1.807) is 13.2 Å². The molecule has 0 spiro atoms. The Kier molecular flexibility index (Phi) is 4.85. The van der Waals surface area contributed by atoms with E-state index >= 15 is 0 Å². The zero-order valence-corrected chi connectivity index (χ0v) is 14.5. The first-order valence-corrected chi connectivity index (χ1v) is 8.20. The second-order valence-corrected chi connectivity index (χ2v) is 6.33. The highest BCUT2D eigenvalue weighted by Gasteiger charge is 2.22. The van der Waals surface area contributed by atoms with Gasteiger partial charge in [-0.15, -0.1) is 0 Å². The molecule has 0 radical (unpaired) electrons. The third kappa shape index (κ3) is 3.43. The van der Waals surface area contributed by atoms with Gasteiger partial charge in [0.15, 0.2) is 0 Å². The summed E-state index contributed by atoms with van der Waals surface area (Å²) in [7, 11) is 5.71. The summed E-state index contributed by atoms with van der Waals surface area (Å²) in [5.74, 6) is 1.82. The van der Waals surface area contributed by atoms with E-state index in [4.69, 9.17) is 4.74 Å². The van der Waals surface area contributed by atoms with Gasteiger partial charge >= 0.3 is 0 Å². The molecule has 2 heterocycles. The number of benzene rings is 1. The smallest absolute Gasteiger partial charge is 0.254 e. The molecule has 3 rings (SSSR count). The van der Waals surface area contributed by atoms with E-state index in [2.05, 4.69) is 28.5 Å². The van der Waals surface area contributed by atoms with Crippen LogP contribution in [-0.2, 0) is 19.5 Å². The van der Waals surface area contributed by atoms with Crippen LogP contribution >= 0.6 is 0 Å². The van der Waals surface area contributed by atoms with Crippen molar-refractivity contribution < 1.29 is 9.53 Å². The lowest BCUT2D eigenvalue weighted by atomic mass is 10.2. The second-order valence-electron chi connectivity index (χ2n) is 6.33. The van der Waals surface area contributed by atoms with E-state index in [0.717, 1.165) is 25.3 Å². The van der Waals surface area contributed by atoms with Crippen molar-refractivity contribution in [2.24, 2.45) is 0 Å². The van der Waals surface area contributed by atoms with Crippen molar-refractivity contribution in [1.82, 2.24) is 19.4 Å². The molecule has 1 aliphatic heterocycles. The molecule has 1 amide bonds. The number of methoxy groups -OCH3 is 1. The van der Waals surface area contributed by atoms with E-state index < -0.39 is 0 Å². The Labute approximate surface area is 142 Å². The predicted octanol–water partition coefficient (Wildman–Crippen LogP) is 1.65. The number of hydrogen-bond donors (Lipinski definition) is 0. The number of ether oxygens (including phenoxy) is 1. The van der Waals surface area contributed by atoms with Crippen molar-refractivity contribution in [2.45, 2.75) is 19.5 Å². The molecule has 1 aromatic heterocycles. The minimum atomic E-state index is 0.0498. The maximum absolute atomic E-state index is 12.8. The van der Waals surface area contributed by atoms with Gasteiger partial charge in [-0.05, 0) is 32.3 Å². The fourth-order valence-electron chi connectivity index (χ4n) is 3.09. The first-order valence-electron chi connectivity index (χ1n) is 8.20. The Hall–Kier alpha value is -2.34. The molecule has 1 aliphatic rings. The fraction of sp³-hybridized carbons (Fsp3) is 0.444. The molecule has 0 unspecified atom stereocenters. The summed E-state index contributed by atoms with van der Waals surface area (Å²) in [4.78, 5) is 21.4. The summed E-state index contributed by atoms with van der Waals surface area (Å²) < 4.78 is 7.47. The Balaban J connectivity index is 1.74. The molecule has 0 saturated heterocycles. The Bertz CT molecular complexity index is 724. The van der Waals surface area contributed by atoms with Crippen molar-refractivity contribution in [3.05, 3.63) is 47.5 Å². The standard InChI is InChI=1S/C18H24N4O2/c1-20(2)13-15-12-19-17-7-8-21(9-10-22(15)17)18(23)14-5-4-6-16(11-14)24-3/h4-6,11-12H,7-10,13H2,1-3H3. The van der Waals surface area contributed by atoms with Gasteiger partial charge in [-0.25, -0.2) is 4.98 Å². The summed E-state index contributed by atoms with van der Waals surface area (Å²) in [6.07, 6.45) is 2.73. The molecular formula is C18H24N4O2. The van der Waals surface area contributed by atoms with Crippen LogP contribution in [0.1, 0.15) is 21.9 Å². The highest BCUT2D eigenvalue weighted by molar-refractivity contribution is 5.94. The van der Waals surface area contributed by atoms with E-state index in [9.17, 15) is 4.79 Å². The molecule has 0 N–H and O–H groups in total. The van der Waals surface area contributed by atoms with E-state index in [0.29, 0.717) is 24.4 Å². The number of carbonyl (C=O) groups excluding carboxylic acids is 1. The highest BCUT2D eigenvalue weighted by Crippen LogP contribution is 2.17. The van der Waals surface area contributed by atoms with Gasteiger partial charge in [0, 0.05) is 44.4 Å². The van der Waals surface area contributed by atoms with E-state index in [1.807, 2.05) is 29.3 Å². The Morgan fingerprint density at radius 2 is 2.12 bits per heavy atom. The molecule has 128 valence electrons. The summed E-state index contributed by atoms with van der Waals surface area (Å²) in [6, 6.07) is 7.33. The zero-order chi connectivity index (χ0) is 17.1. The third-order valence-corrected chi connectivity index (χ3v) is 4.30. The molecule has 2 aromatic rings. The summed E-state index contributed by atoms with van der Waals surface area (Å²) in [5.41, 5.74) is 1.87. The lowest BCUT2D eigenvalue weighted by Crippen LogP contribution is -2.33. The summed E-state index contributed by atoms with van der Waals surface area (Å²) >= 11 is 0. The van der Waals surface area contributed by atoms with Crippen LogP contribution in [0.2, 0.25) is 0 Å². The number of carbonyl (C=O) groups is 1. The fourth-order valence-corrected chi connectivity index (χ4v) is 3.09. The van der Waals surface area contributed by atoms with Gasteiger partial charge in [-0.1, -0.05) is 6.07 Å². The quantitative estimate of drug-likeness (QED) is 0.856.